The number of rotatable bonds is 4. The molecule has 1 heterocycles. The Morgan fingerprint density at radius 3 is 2.95 bits per heavy atom. The fourth-order valence-electron chi connectivity index (χ4n) is 2.00. The molecule has 19 heavy (non-hydrogen) atoms. The smallest absolute Gasteiger partial charge is 0.307 e. The van der Waals surface area contributed by atoms with Crippen molar-refractivity contribution in [3.63, 3.8) is 0 Å². The zero-order valence-corrected chi connectivity index (χ0v) is 11.1. The van der Waals surface area contributed by atoms with Crippen LogP contribution < -0.4 is 4.74 Å². The van der Waals surface area contributed by atoms with Crippen molar-refractivity contribution < 1.29 is 19.1 Å². The summed E-state index contributed by atoms with van der Waals surface area (Å²) < 4.78 is 9.95. The van der Waals surface area contributed by atoms with Gasteiger partial charge in [0.2, 0.25) is 0 Å². The molecule has 0 bridgehead atoms. The van der Waals surface area contributed by atoms with E-state index in [0.717, 1.165) is 17.7 Å². The molecule has 0 N–H and O–H groups in total. The first-order valence-corrected chi connectivity index (χ1v) is 6.20. The SMILES string of the molecule is COC(=O)CCN(C)C(=O)c1ccc2c(c1)CCO2. The highest BCUT2D eigenvalue weighted by atomic mass is 16.5. The molecule has 1 amide bonds. The molecule has 0 atom stereocenters. The monoisotopic (exact) mass is 263 g/mol. The highest BCUT2D eigenvalue weighted by Crippen LogP contribution is 2.26. The van der Waals surface area contributed by atoms with Gasteiger partial charge in [-0.05, 0) is 23.8 Å². The lowest BCUT2D eigenvalue weighted by molar-refractivity contribution is -0.140. The van der Waals surface area contributed by atoms with Crippen LogP contribution in [0.1, 0.15) is 22.3 Å². The Morgan fingerprint density at radius 2 is 2.21 bits per heavy atom. The maximum atomic E-state index is 12.2. The quantitative estimate of drug-likeness (QED) is 0.767. The van der Waals surface area contributed by atoms with Gasteiger partial charge in [-0.15, -0.1) is 0 Å². The Balaban J connectivity index is 2.01. The van der Waals surface area contributed by atoms with Crippen LogP contribution in [-0.4, -0.2) is 44.1 Å². The van der Waals surface area contributed by atoms with Crippen molar-refractivity contribution in [2.45, 2.75) is 12.8 Å². The van der Waals surface area contributed by atoms with Crippen molar-refractivity contribution in [3.8, 4) is 5.75 Å². The summed E-state index contributed by atoms with van der Waals surface area (Å²) in [5.74, 6) is 0.439. The van der Waals surface area contributed by atoms with Gasteiger partial charge in [0.05, 0.1) is 20.1 Å². The summed E-state index contributed by atoms with van der Waals surface area (Å²) >= 11 is 0. The number of nitrogens with zero attached hydrogens (tertiary/aromatic N) is 1. The van der Waals surface area contributed by atoms with Crippen molar-refractivity contribution in [3.05, 3.63) is 29.3 Å². The molecule has 1 aliphatic rings. The number of hydrogen-bond donors (Lipinski definition) is 0. The van der Waals surface area contributed by atoms with E-state index in [9.17, 15) is 9.59 Å². The predicted molar refractivity (Wildman–Crippen MR) is 69.2 cm³/mol. The number of hydrogen-bond acceptors (Lipinski definition) is 4. The maximum absolute atomic E-state index is 12.2. The normalized spacial score (nSPS) is 12.5. The van der Waals surface area contributed by atoms with E-state index in [-0.39, 0.29) is 18.3 Å². The molecule has 0 aromatic heterocycles. The topological polar surface area (TPSA) is 55.8 Å². The van der Waals surface area contributed by atoms with Crippen LogP contribution in [0.15, 0.2) is 18.2 Å². The molecule has 5 nitrogen and oxygen atoms in total. The molecule has 1 aromatic carbocycles. The Bertz CT molecular complexity index is 498. The largest absolute Gasteiger partial charge is 0.493 e. The fourth-order valence-corrected chi connectivity index (χ4v) is 2.00. The Labute approximate surface area is 112 Å². The van der Waals surface area contributed by atoms with E-state index in [4.69, 9.17) is 4.74 Å². The van der Waals surface area contributed by atoms with Crippen molar-refractivity contribution in [2.75, 3.05) is 27.3 Å². The molecule has 0 unspecified atom stereocenters. The minimum atomic E-state index is -0.318. The van der Waals surface area contributed by atoms with Crippen LogP contribution in [0.25, 0.3) is 0 Å². The van der Waals surface area contributed by atoms with Crippen LogP contribution >= 0.6 is 0 Å². The molecular formula is C14H17NO4. The molecule has 0 spiro atoms. The molecular weight excluding hydrogens is 246 g/mol. The number of amides is 1. The zero-order valence-electron chi connectivity index (χ0n) is 11.1. The standard InChI is InChI=1S/C14H17NO4/c1-15(7-5-13(16)18-2)14(17)11-3-4-12-10(9-11)6-8-19-12/h3-4,9H,5-8H2,1-2H3. The predicted octanol–water partition coefficient (Wildman–Crippen LogP) is 1.26. The summed E-state index contributed by atoms with van der Waals surface area (Å²) in [6.45, 7) is 1.02. The lowest BCUT2D eigenvalue weighted by Gasteiger charge is -2.16. The van der Waals surface area contributed by atoms with Gasteiger partial charge >= 0.3 is 5.97 Å². The van der Waals surface area contributed by atoms with Gasteiger partial charge in [-0.1, -0.05) is 0 Å². The molecule has 0 saturated heterocycles. The van der Waals surface area contributed by atoms with E-state index >= 15 is 0 Å². The van der Waals surface area contributed by atoms with Crippen LogP contribution in [0.2, 0.25) is 0 Å². The Morgan fingerprint density at radius 1 is 1.42 bits per heavy atom. The summed E-state index contributed by atoms with van der Waals surface area (Å²) in [7, 11) is 3.01. The van der Waals surface area contributed by atoms with E-state index in [1.807, 2.05) is 12.1 Å². The number of fused-ring (bicyclic) bond motifs is 1. The first-order valence-electron chi connectivity index (χ1n) is 6.20. The van der Waals surface area contributed by atoms with Crippen LogP contribution in [0, 0.1) is 0 Å². The second-order valence-corrected chi connectivity index (χ2v) is 4.47. The third-order valence-electron chi connectivity index (χ3n) is 3.16. The van der Waals surface area contributed by atoms with E-state index in [1.54, 1.807) is 13.1 Å². The van der Waals surface area contributed by atoms with Gasteiger partial charge in [0.25, 0.3) is 5.91 Å². The molecule has 0 radical (unpaired) electrons. The van der Waals surface area contributed by atoms with Crippen molar-refractivity contribution in [1.82, 2.24) is 4.90 Å². The number of ether oxygens (including phenoxy) is 2. The molecule has 0 saturated carbocycles. The third-order valence-corrected chi connectivity index (χ3v) is 3.16. The number of methoxy groups -OCH3 is 1. The number of carbonyl (C=O) groups excluding carboxylic acids is 2. The Hall–Kier alpha value is -2.04. The lowest BCUT2D eigenvalue weighted by atomic mass is 10.1. The van der Waals surface area contributed by atoms with Crippen LogP contribution in [-0.2, 0) is 16.0 Å². The summed E-state index contributed by atoms with van der Waals surface area (Å²) in [5.41, 5.74) is 1.68. The molecule has 0 aliphatic carbocycles. The Kier molecular flexibility index (Phi) is 4.04. The fraction of sp³-hybridized carbons (Fsp3) is 0.429. The van der Waals surface area contributed by atoms with E-state index in [1.165, 1.54) is 12.0 Å². The maximum Gasteiger partial charge on any atom is 0.307 e. The first kappa shape index (κ1) is 13.4. The summed E-state index contributed by atoms with van der Waals surface area (Å²) in [4.78, 5) is 24.8. The van der Waals surface area contributed by atoms with Gasteiger partial charge in [0.15, 0.2) is 0 Å². The number of esters is 1. The van der Waals surface area contributed by atoms with Crippen molar-refractivity contribution in [2.24, 2.45) is 0 Å². The van der Waals surface area contributed by atoms with E-state index < -0.39 is 0 Å². The van der Waals surface area contributed by atoms with Crippen LogP contribution in [0.3, 0.4) is 0 Å². The minimum Gasteiger partial charge on any atom is -0.493 e. The second kappa shape index (κ2) is 5.73. The van der Waals surface area contributed by atoms with Gasteiger partial charge in [0.1, 0.15) is 5.75 Å². The van der Waals surface area contributed by atoms with Crippen molar-refractivity contribution >= 4 is 11.9 Å². The van der Waals surface area contributed by atoms with Gasteiger partial charge in [-0.3, -0.25) is 9.59 Å². The summed E-state index contributed by atoms with van der Waals surface area (Å²) in [6.07, 6.45) is 1.04. The zero-order chi connectivity index (χ0) is 13.8. The number of carbonyl (C=O) groups is 2. The molecule has 0 fully saturated rings. The minimum absolute atomic E-state index is 0.0985. The van der Waals surface area contributed by atoms with Crippen LogP contribution in [0.5, 0.6) is 5.75 Å². The summed E-state index contributed by atoms with van der Waals surface area (Å²) in [5, 5.41) is 0. The van der Waals surface area contributed by atoms with Gasteiger partial charge in [-0.2, -0.15) is 0 Å². The second-order valence-electron chi connectivity index (χ2n) is 4.47. The van der Waals surface area contributed by atoms with Crippen molar-refractivity contribution in [1.29, 1.82) is 0 Å². The third kappa shape index (κ3) is 3.05. The van der Waals surface area contributed by atoms with Gasteiger partial charge in [-0.25, -0.2) is 0 Å². The first-order chi connectivity index (χ1) is 9.11. The molecule has 102 valence electrons. The molecule has 1 aromatic rings. The average Bonchev–Trinajstić information content (AvgIpc) is 2.90. The highest BCUT2D eigenvalue weighted by molar-refractivity contribution is 5.94. The number of benzene rings is 1. The molecule has 5 heteroatoms. The molecule has 2 rings (SSSR count). The van der Waals surface area contributed by atoms with E-state index in [2.05, 4.69) is 4.74 Å². The van der Waals surface area contributed by atoms with Gasteiger partial charge in [0, 0.05) is 25.6 Å². The summed E-state index contributed by atoms with van der Waals surface area (Å²) in [6, 6.07) is 5.43. The lowest BCUT2D eigenvalue weighted by Crippen LogP contribution is -2.29. The average molecular weight is 263 g/mol. The molecule has 1 aliphatic heterocycles. The highest BCUT2D eigenvalue weighted by Gasteiger charge is 2.17. The van der Waals surface area contributed by atoms with Crippen LogP contribution in [0.4, 0.5) is 0 Å². The van der Waals surface area contributed by atoms with Gasteiger partial charge < -0.3 is 14.4 Å². The van der Waals surface area contributed by atoms with E-state index in [0.29, 0.717) is 18.7 Å².